The van der Waals surface area contributed by atoms with E-state index in [0.717, 1.165) is 16.9 Å². The number of aliphatic imine (C=N–C) groups is 1. The second kappa shape index (κ2) is 9.43. The van der Waals surface area contributed by atoms with Gasteiger partial charge in [-0.25, -0.2) is 4.99 Å². The van der Waals surface area contributed by atoms with Crippen LogP contribution in [0.4, 0.5) is 0 Å². The van der Waals surface area contributed by atoms with Gasteiger partial charge in [0.25, 0.3) is 5.91 Å². The molecule has 2 aromatic rings. The van der Waals surface area contributed by atoms with Gasteiger partial charge in [-0.05, 0) is 36.3 Å². The molecule has 150 valence electrons. The fourth-order valence-corrected chi connectivity index (χ4v) is 3.69. The highest BCUT2D eigenvalue weighted by molar-refractivity contribution is 8.14. The number of carbonyl (C=O) groups is 2. The number of carbonyl (C=O) groups excluding carboxylic acids is 2. The highest BCUT2D eigenvalue weighted by Gasteiger charge is 2.33. The summed E-state index contributed by atoms with van der Waals surface area (Å²) in [5.41, 5.74) is 2.14. The van der Waals surface area contributed by atoms with Crippen molar-refractivity contribution in [3.05, 3.63) is 71.4 Å². The Bertz CT molecular complexity index is 939. The summed E-state index contributed by atoms with van der Waals surface area (Å²) in [6, 6.07) is 17.0. The molecular weight excluding hydrogens is 388 g/mol. The smallest absolute Gasteiger partial charge is 0.318 e. The van der Waals surface area contributed by atoms with Crippen LogP contribution in [0, 0.1) is 0 Å². The van der Waals surface area contributed by atoms with E-state index in [1.807, 2.05) is 54.6 Å². The molecule has 29 heavy (non-hydrogen) atoms. The number of thioether (sulfide) groups is 1. The number of nitrogens with zero attached hydrogens (tertiary/aromatic N) is 2. The Kier molecular flexibility index (Phi) is 6.72. The minimum absolute atomic E-state index is 0.204. The van der Waals surface area contributed by atoms with Crippen LogP contribution in [-0.4, -0.2) is 41.4 Å². The number of rotatable bonds is 6. The van der Waals surface area contributed by atoms with Crippen molar-refractivity contribution >= 4 is 34.9 Å². The van der Waals surface area contributed by atoms with Crippen LogP contribution >= 0.6 is 11.8 Å². The SMILES string of the molecule is COC(=O)C(C)SC1=N/C(=C\c2ccc(OC)cc2)C(=O)N1Cc1ccccc1. The van der Waals surface area contributed by atoms with E-state index < -0.39 is 5.25 Å². The van der Waals surface area contributed by atoms with Crippen LogP contribution in [-0.2, 0) is 20.9 Å². The maximum Gasteiger partial charge on any atom is 0.318 e. The van der Waals surface area contributed by atoms with Gasteiger partial charge in [0.15, 0.2) is 5.17 Å². The van der Waals surface area contributed by atoms with Crippen molar-refractivity contribution < 1.29 is 19.1 Å². The minimum atomic E-state index is -0.481. The van der Waals surface area contributed by atoms with Gasteiger partial charge >= 0.3 is 5.97 Å². The molecule has 7 heteroatoms. The van der Waals surface area contributed by atoms with Gasteiger partial charge in [0.2, 0.25) is 0 Å². The molecule has 0 bridgehead atoms. The van der Waals surface area contributed by atoms with Crippen LogP contribution in [0.2, 0.25) is 0 Å². The quantitative estimate of drug-likeness (QED) is 0.536. The molecule has 1 aliphatic rings. The Morgan fingerprint density at radius 2 is 1.83 bits per heavy atom. The van der Waals surface area contributed by atoms with E-state index in [9.17, 15) is 9.59 Å². The summed E-state index contributed by atoms with van der Waals surface area (Å²) in [4.78, 5) is 31.0. The van der Waals surface area contributed by atoms with Crippen molar-refractivity contribution in [1.82, 2.24) is 4.90 Å². The topological polar surface area (TPSA) is 68.2 Å². The Morgan fingerprint density at radius 1 is 1.14 bits per heavy atom. The molecule has 3 rings (SSSR count). The van der Waals surface area contributed by atoms with Crippen molar-refractivity contribution in [3.63, 3.8) is 0 Å². The first kappa shape index (κ1) is 20.7. The number of esters is 1. The highest BCUT2D eigenvalue weighted by Crippen LogP contribution is 2.28. The summed E-state index contributed by atoms with van der Waals surface area (Å²) in [7, 11) is 2.95. The van der Waals surface area contributed by atoms with Crippen LogP contribution < -0.4 is 4.74 Å². The number of amidine groups is 1. The molecule has 2 aromatic carbocycles. The first-order valence-electron chi connectivity index (χ1n) is 9.06. The van der Waals surface area contributed by atoms with Gasteiger partial charge in [0.1, 0.15) is 16.7 Å². The summed E-state index contributed by atoms with van der Waals surface area (Å²) in [5.74, 6) is 0.170. The van der Waals surface area contributed by atoms with Gasteiger partial charge < -0.3 is 9.47 Å². The van der Waals surface area contributed by atoms with Crippen molar-refractivity contribution in [3.8, 4) is 5.75 Å². The average molecular weight is 410 g/mol. The molecule has 6 nitrogen and oxygen atoms in total. The highest BCUT2D eigenvalue weighted by atomic mass is 32.2. The van der Waals surface area contributed by atoms with E-state index in [-0.39, 0.29) is 11.9 Å². The summed E-state index contributed by atoms with van der Waals surface area (Å²) >= 11 is 1.21. The Balaban J connectivity index is 1.89. The molecule has 0 N–H and O–H groups in total. The third-order valence-electron chi connectivity index (χ3n) is 4.33. The van der Waals surface area contributed by atoms with E-state index in [4.69, 9.17) is 9.47 Å². The van der Waals surface area contributed by atoms with Crippen LogP contribution in [0.3, 0.4) is 0 Å². The van der Waals surface area contributed by atoms with Crippen LogP contribution in [0.15, 0.2) is 65.3 Å². The van der Waals surface area contributed by atoms with E-state index in [0.29, 0.717) is 17.4 Å². The maximum atomic E-state index is 13.1. The first-order chi connectivity index (χ1) is 14.0. The molecule has 1 atom stereocenters. The van der Waals surface area contributed by atoms with Gasteiger partial charge in [-0.1, -0.05) is 54.2 Å². The molecule has 0 aliphatic carbocycles. The van der Waals surface area contributed by atoms with Crippen molar-refractivity contribution in [2.45, 2.75) is 18.7 Å². The molecule has 1 heterocycles. The van der Waals surface area contributed by atoms with E-state index in [1.54, 1.807) is 25.0 Å². The van der Waals surface area contributed by atoms with Crippen LogP contribution in [0.1, 0.15) is 18.1 Å². The molecule has 1 aliphatic heterocycles. The lowest BCUT2D eigenvalue weighted by atomic mass is 10.1. The largest absolute Gasteiger partial charge is 0.497 e. The summed E-state index contributed by atoms with van der Waals surface area (Å²) in [5, 5.41) is 0.00155. The Hall–Kier alpha value is -3.06. The molecule has 1 amide bonds. The maximum absolute atomic E-state index is 13.1. The monoisotopic (exact) mass is 410 g/mol. The normalized spacial score (nSPS) is 16.0. The van der Waals surface area contributed by atoms with E-state index in [2.05, 4.69) is 4.99 Å². The second-order valence-electron chi connectivity index (χ2n) is 6.36. The molecular formula is C22H22N2O4S. The van der Waals surface area contributed by atoms with Crippen molar-refractivity contribution in [2.24, 2.45) is 4.99 Å². The lowest BCUT2D eigenvalue weighted by Gasteiger charge is -2.19. The number of ether oxygens (including phenoxy) is 2. The first-order valence-corrected chi connectivity index (χ1v) is 9.94. The zero-order valence-electron chi connectivity index (χ0n) is 16.5. The third kappa shape index (κ3) is 5.06. The van der Waals surface area contributed by atoms with E-state index in [1.165, 1.54) is 18.9 Å². The van der Waals surface area contributed by atoms with Gasteiger partial charge in [-0.15, -0.1) is 0 Å². The van der Waals surface area contributed by atoms with Gasteiger partial charge in [-0.3, -0.25) is 14.5 Å². The van der Waals surface area contributed by atoms with Crippen LogP contribution in [0.25, 0.3) is 6.08 Å². The number of methoxy groups -OCH3 is 2. The fraction of sp³-hybridized carbons (Fsp3) is 0.227. The standard InChI is InChI=1S/C22H22N2O4S/c1-15(21(26)28-3)29-22-23-19(13-16-9-11-18(27-2)12-10-16)20(25)24(22)14-17-7-5-4-6-8-17/h4-13,15H,14H2,1-3H3/b19-13-. The third-order valence-corrected chi connectivity index (χ3v) is 5.40. The molecule has 0 saturated carbocycles. The van der Waals surface area contributed by atoms with Crippen LogP contribution in [0.5, 0.6) is 5.75 Å². The minimum Gasteiger partial charge on any atom is -0.497 e. The molecule has 0 aromatic heterocycles. The zero-order chi connectivity index (χ0) is 20.8. The average Bonchev–Trinajstić information content (AvgIpc) is 3.03. The zero-order valence-corrected chi connectivity index (χ0v) is 17.3. The Labute approximate surface area is 174 Å². The number of amides is 1. The molecule has 0 radical (unpaired) electrons. The summed E-state index contributed by atoms with van der Waals surface area (Å²) < 4.78 is 9.97. The summed E-state index contributed by atoms with van der Waals surface area (Å²) in [6.45, 7) is 2.11. The van der Waals surface area contributed by atoms with Gasteiger partial charge in [-0.2, -0.15) is 0 Å². The number of hydrogen-bond acceptors (Lipinski definition) is 6. The Morgan fingerprint density at radius 3 is 2.45 bits per heavy atom. The number of hydrogen-bond donors (Lipinski definition) is 0. The van der Waals surface area contributed by atoms with Gasteiger partial charge in [0, 0.05) is 0 Å². The predicted molar refractivity (Wildman–Crippen MR) is 114 cm³/mol. The predicted octanol–water partition coefficient (Wildman–Crippen LogP) is 3.73. The van der Waals surface area contributed by atoms with Crippen molar-refractivity contribution in [2.75, 3.05) is 14.2 Å². The molecule has 0 saturated heterocycles. The van der Waals surface area contributed by atoms with E-state index >= 15 is 0 Å². The number of benzene rings is 2. The molecule has 1 unspecified atom stereocenters. The molecule has 0 fully saturated rings. The summed E-state index contributed by atoms with van der Waals surface area (Å²) in [6.07, 6.45) is 1.73. The fourth-order valence-electron chi connectivity index (χ4n) is 2.76. The molecule has 0 spiro atoms. The van der Waals surface area contributed by atoms with Gasteiger partial charge in [0.05, 0.1) is 20.8 Å². The second-order valence-corrected chi connectivity index (χ2v) is 7.67. The van der Waals surface area contributed by atoms with Crippen molar-refractivity contribution in [1.29, 1.82) is 0 Å². The lowest BCUT2D eigenvalue weighted by Crippen LogP contribution is -2.32. The lowest BCUT2D eigenvalue weighted by molar-refractivity contribution is -0.139.